The maximum Gasteiger partial charge on any atom is 0.373 e. The first-order chi connectivity index (χ1) is 23.4. The number of aliphatic carboxylic acids is 1. The largest absolute Gasteiger partial charge is 0.490 e. The fraction of sp³-hybridized carbons (Fsp3) is 0.658. The van der Waals surface area contributed by atoms with Crippen LogP contribution in [0.4, 0.5) is 0 Å². The summed E-state index contributed by atoms with van der Waals surface area (Å²) in [5.74, 6) is -6.40. The number of esters is 2. The lowest BCUT2D eigenvalue weighted by atomic mass is 9.77. The Labute approximate surface area is 296 Å². The summed E-state index contributed by atoms with van der Waals surface area (Å²) in [4.78, 5) is 37.0. The van der Waals surface area contributed by atoms with E-state index in [-0.39, 0.29) is 29.9 Å². The Bertz CT molecular complexity index is 1310. The van der Waals surface area contributed by atoms with Crippen molar-refractivity contribution in [3.63, 3.8) is 0 Å². The number of hydrogen-bond donors (Lipinski definition) is 3. The van der Waals surface area contributed by atoms with Gasteiger partial charge >= 0.3 is 17.9 Å². The lowest BCUT2D eigenvalue weighted by molar-refractivity contribution is -0.330. The van der Waals surface area contributed by atoms with Crippen molar-refractivity contribution in [2.75, 3.05) is 21.3 Å². The van der Waals surface area contributed by atoms with Crippen molar-refractivity contribution in [2.24, 2.45) is 29.6 Å². The number of carbonyl (C=O) groups excluding carboxylic acids is 2. The van der Waals surface area contributed by atoms with Gasteiger partial charge in [0.2, 0.25) is 5.76 Å². The average Bonchev–Trinajstić information content (AvgIpc) is 3.07. The number of cyclic esters (lactones) is 1. The van der Waals surface area contributed by atoms with E-state index in [2.05, 4.69) is 0 Å². The first-order valence-corrected chi connectivity index (χ1v) is 17.1. The van der Waals surface area contributed by atoms with Crippen LogP contribution in [0.3, 0.4) is 0 Å². The summed E-state index contributed by atoms with van der Waals surface area (Å²) in [7, 11) is 4.28. The van der Waals surface area contributed by atoms with Crippen LogP contribution in [-0.2, 0) is 42.8 Å². The van der Waals surface area contributed by atoms with E-state index in [1.807, 2.05) is 46.8 Å². The predicted molar refractivity (Wildman–Crippen MR) is 186 cm³/mol. The number of allylic oxidation sites excluding steroid dienone is 5. The van der Waals surface area contributed by atoms with Crippen molar-refractivity contribution < 1.29 is 58.1 Å². The van der Waals surface area contributed by atoms with Gasteiger partial charge in [0.05, 0.1) is 25.4 Å². The Kier molecular flexibility index (Phi) is 16.6. The standard InChI is InChI=1S/C38H58O12/c1-21-13-12-14-29(45-9)36(49-37(44)30(46-10)19-22(2)18-24(4)34(42)23(3)17-21)26(6)35(43)27(7)38(47-11)20-31(25(5)28(8)50-38)48-33(41)16-15-32(39)40/h12-16,18-19,23-29,31,34-36,42-43H,17,20H2,1-11H3,(H,39,40)/b14-12-,16-15+,21-13-,22-18-,30-19+/t23-,24+,25+,26-,27-,28+,29-,31+,34-,35+,36+,38+/m0/s1. The number of hydrogen-bond acceptors (Lipinski definition) is 11. The van der Waals surface area contributed by atoms with E-state index < -0.39 is 72.2 Å². The number of carboxylic acid groups (broad SMARTS) is 1. The van der Waals surface area contributed by atoms with E-state index in [1.54, 1.807) is 39.0 Å². The number of carbonyl (C=O) groups is 3. The van der Waals surface area contributed by atoms with Gasteiger partial charge in [-0.3, -0.25) is 0 Å². The molecule has 3 N–H and O–H groups in total. The van der Waals surface area contributed by atoms with Gasteiger partial charge in [-0.1, -0.05) is 70.1 Å². The topological polar surface area (TPSA) is 167 Å². The quantitative estimate of drug-likeness (QED) is 0.208. The zero-order valence-corrected chi connectivity index (χ0v) is 31.3. The molecule has 0 aromatic rings. The molecule has 12 heteroatoms. The predicted octanol–water partition coefficient (Wildman–Crippen LogP) is 4.90. The first kappa shape index (κ1) is 42.9. The van der Waals surface area contributed by atoms with Gasteiger partial charge in [0, 0.05) is 56.5 Å². The first-order valence-electron chi connectivity index (χ1n) is 17.1. The number of ether oxygens (including phenoxy) is 6. The molecule has 0 aromatic carbocycles. The highest BCUT2D eigenvalue weighted by Gasteiger charge is 2.53. The van der Waals surface area contributed by atoms with Crippen LogP contribution in [0.5, 0.6) is 0 Å². The third-order valence-corrected chi connectivity index (χ3v) is 10.0. The maximum absolute atomic E-state index is 13.6. The van der Waals surface area contributed by atoms with E-state index in [0.717, 1.165) is 11.6 Å². The van der Waals surface area contributed by atoms with Gasteiger partial charge in [-0.2, -0.15) is 0 Å². The average molecular weight is 707 g/mol. The summed E-state index contributed by atoms with van der Waals surface area (Å²) < 4.78 is 35.3. The second-order valence-corrected chi connectivity index (χ2v) is 13.8. The molecule has 12 nitrogen and oxygen atoms in total. The Hall–Kier alpha value is -3.29. The summed E-state index contributed by atoms with van der Waals surface area (Å²) in [6.45, 7) is 14.8. The molecule has 0 radical (unpaired) electrons. The molecule has 0 aliphatic carbocycles. The Morgan fingerprint density at radius 3 is 2.32 bits per heavy atom. The molecule has 0 unspecified atom stereocenters. The highest BCUT2D eigenvalue weighted by molar-refractivity contribution is 5.90. The minimum absolute atomic E-state index is 0.0322. The lowest BCUT2D eigenvalue weighted by Crippen LogP contribution is -2.59. The Morgan fingerprint density at radius 2 is 1.74 bits per heavy atom. The summed E-state index contributed by atoms with van der Waals surface area (Å²) in [5, 5.41) is 31.8. The molecular weight excluding hydrogens is 648 g/mol. The monoisotopic (exact) mass is 706 g/mol. The summed E-state index contributed by atoms with van der Waals surface area (Å²) >= 11 is 0. The van der Waals surface area contributed by atoms with E-state index in [0.29, 0.717) is 18.1 Å². The molecule has 12 atom stereocenters. The van der Waals surface area contributed by atoms with Gasteiger partial charge in [0.15, 0.2) is 5.79 Å². The molecule has 0 saturated carbocycles. The van der Waals surface area contributed by atoms with E-state index >= 15 is 0 Å². The van der Waals surface area contributed by atoms with Crippen LogP contribution in [0.2, 0.25) is 0 Å². The Morgan fingerprint density at radius 1 is 1.08 bits per heavy atom. The fourth-order valence-electron chi connectivity index (χ4n) is 6.73. The summed E-state index contributed by atoms with van der Waals surface area (Å²) in [6, 6.07) is 0. The summed E-state index contributed by atoms with van der Waals surface area (Å²) in [5.41, 5.74) is 1.74. The van der Waals surface area contributed by atoms with Gasteiger partial charge in [-0.05, 0) is 39.2 Å². The van der Waals surface area contributed by atoms with Crippen LogP contribution in [-0.4, -0.2) is 97.0 Å². The number of methoxy groups -OCH3 is 3. The number of rotatable bonds is 10. The molecular formula is C38H58O12. The SMILES string of the molecule is CO/C1=C/C(C)=C\[C@@H](C)[C@@H](O)[C@@H](C)C/C(C)=C\C=C/[C@H](OC)[C@@H]([C@@H](C)[C@@H](O)[C@H](C)[C@@]2(OC)C[C@@H](OC(=O)/C=C/C(=O)O)[C@H](C)[C@@H](C)O2)OC1=O. The zero-order chi connectivity index (χ0) is 37.9. The smallest absolute Gasteiger partial charge is 0.373 e. The van der Waals surface area contributed by atoms with Gasteiger partial charge in [0.25, 0.3) is 0 Å². The number of aliphatic hydroxyl groups excluding tert-OH is 2. The molecule has 282 valence electrons. The Balaban J connectivity index is 2.54. The van der Waals surface area contributed by atoms with Crippen LogP contribution in [0.15, 0.2) is 59.4 Å². The normalized spacial score (nSPS) is 37.5. The number of aliphatic hydroxyl groups is 2. The van der Waals surface area contributed by atoms with Crippen molar-refractivity contribution in [2.45, 2.75) is 111 Å². The molecule has 2 aliphatic heterocycles. The van der Waals surface area contributed by atoms with Crippen molar-refractivity contribution in [3.8, 4) is 0 Å². The van der Waals surface area contributed by atoms with Crippen LogP contribution < -0.4 is 0 Å². The van der Waals surface area contributed by atoms with E-state index in [4.69, 9.17) is 33.5 Å². The van der Waals surface area contributed by atoms with Crippen LogP contribution in [0.25, 0.3) is 0 Å². The lowest BCUT2D eigenvalue weighted by Gasteiger charge is -2.50. The second kappa shape index (κ2) is 19.4. The highest BCUT2D eigenvalue weighted by atomic mass is 16.7. The van der Waals surface area contributed by atoms with Crippen LogP contribution >= 0.6 is 0 Å². The molecule has 0 spiro atoms. The minimum Gasteiger partial charge on any atom is -0.490 e. The van der Waals surface area contributed by atoms with Gasteiger partial charge in [0.1, 0.15) is 18.3 Å². The van der Waals surface area contributed by atoms with E-state index in [9.17, 15) is 24.6 Å². The molecule has 2 aliphatic rings. The summed E-state index contributed by atoms with van der Waals surface area (Å²) in [6.07, 6.45) is 6.32. The van der Waals surface area contributed by atoms with Crippen molar-refractivity contribution in [1.82, 2.24) is 0 Å². The molecule has 0 amide bonds. The molecule has 0 aromatic heterocycles. The number of carboxylic acids is 1. The van der Waals surface area contributed by atoms with Gasteiger partial charge in [-0.15, -0.1) is 0 Å². The highest BCUT2D eigenvalue weighted by Crippen LogP contribution is 2.43. The van der Waals surface area contributed by atoms with Crippen LogP contribution in [0.1, 0.15) is 68.2 Å². The third-order valence-electron chi connectivity index (χ3n) is 10.0. The van der Waals surface area contributed by atoms with E-state index in [1.165, 1.54) is 21.3 Å². The zero-order valence-electron chi connectivity index (χ0n) is 31.3. The molecule has 2 heterocycles. The van der Waals surface area contributed by atoms with Crippen molar-refractivity contribution in [1.29, 1.82) is 0 Å². The molecule has 50 heavy (non-hydrogen) atoms. The fourth-order valence-corrected chi connectivity index (χ4v) is 6.73. The maximum atomic E-state index is 13.6. The second-order valence-electron chi connectivity index (χ2n) is 13.8. The molecule has 0 bridgehead atoms. The minimum atomic E-state index is -1.43. The van der Waals surface area contributed by atoms with Crippen molar-refractivity contribution in [3.05, 3.63) is 59.4 Å². The molecule has 2 rings (SSSR count). The molecule has 1 saturated heterocycles. The molecule has 1 fully saturated rings. The van der Waals surface area contributed by atoms with Crippen LogP contribution in [0, 0.1) is 29.6 Å². The third kappa shape index (κ3) is 11.4. The van der Waals surface area contributed by atoms with Gasteiger partial charge < -0.3 is 43.7 Å². The van der Waals surface area contributed by atoms with Gasteiger partial charge in [-0.25, -0.2) is 14.4 Å². The van der Waals surface area contributed by atoms with Crippen molar-refractivity contribution >= 4 is 17.9 Å².